The van der Waals surface area contributed by atoms with Gasteiger partial charge in [0.2, 0.25) is 0 Å². The molecule has 1 aliphatic rings. The van der Waals surface area contributed by atoms with Crippen LogP contribution in [0.2, 0.25) is 0 Å². The minimum Gasteiger partial charge on any atom is -0.386 e. The molecule has 14 heavy (non-hydrogen) atoms. The lowest BCUT2D eigenvalue weighted by Crippen LogP contribution is -2.03. The smallest absolute Gasteiger partial charge is 0.131 e. The zero-order chi connectivity index (χ0) is 9.97. The molecule has 0 atom stereocenters. The lowest BCUT2D eigenvalue weighted by atomic mass is 9.91. The Morgan fingerprint density at radius 2 is 1.86 bits per heavy atom. The highest BCUT2D eigenvalue weighted by atomic mass is 16.3. The van der Waals surface area contributed by atoms with Crippen LogP contribution in [0.3, 0.4) is 0 Å². The van der Waals surface area contributed by atoms with Gasteiger partial charge in [0.1, 0.15) is 5.69 Å². The Balaban J connectivity index is 2.48. The van der Waals surface area contributed by atoms with Crippen LogP contribution in [0.25, 0.3) is 0 Å². The number of nitrogens with one attached hydrogen (secondary N) is 1. The Bertz CT molecular complexity index is 361. The fraction of sp³-hybridized carbons (Fsp3) is 0.455. The summed E-state index contributed by atoms with van der Waals surface area (Å²) < 4.78 is 0. The van der Waals surface area contributed by atoms with Gasteiger partial charge in [-0.2, -0.15) is 0 Å². The van der Waals surface area contributed by atoms with Crippen molar-refractivity contribution < 1.29 is 0 Å². The van der Waals surface area contributed by atoms with Crippen molar-refractivity contribution in [3.8, 4) is 0 Å². The molecule has 0 unspecified atom stereocenters. The summed E-state index contributed by atoms with van der Waals surface area (Å²) in [5.41, 5.74) is 4.05. The number of nitroso groups, excluding NO2 is 1. The summed E-state index contributed by atoms with van der Waals surface area (Å²) in [6.45, 7) is 0. The van der Waals surface area contributed by atoms with E-state index in [0.717, 1.165) is 18.5 Å². The molecule has 0 aromatic heterocycles. The van der Waals surface area contributed by atoms with E-state index < -0.39 is 0 Å². The molecule has 0 bridgehead atoms. The minimum atomic E-state index is 0.535. The highest BCUT2D eigenvalue weighted by Gasteiger charge is 2.12. The largest absolute Gasteiger partial charge is 0.386 e. The Morgan fingerprint density at radius 1 is 1.21 bits per heavy atom. The monoisotopic (exact) mass is 190 g/mol. The van der Waals surface area contributed by atoms with Crippen LogP contribution in [0, 0.1) is 4.91 Å². The summed E-state index contributed by atoms with van der Waals surface area (Å²) in [5.74, 6) is 0. The van der Waals surface area contributed by atoms with E-state index in [0.29, 0.717) is 5.69 Å². The Labute approximate surface area is 83.5 Å². The van der Waals surface area contributed by atoms with Crippen LogP contribution < -0.4 is 5.32 Å². The normalized spacial score (nSPS) is 14.6. The number of hydrogen-bond acceptors (Lipinski definition) is 3. The van der Waals surface area contributed by atoms with Gasteiger partial charge >= 0.3 is 0 Å². The molecule has 1 aliphatic carbocycles. The fourth-order valence-electron chi connectivity index (χ4n) is 2.05. The molecular weight excluding hydrogens is 176 g/mol. The number of rotatable bonds is 2. The molecule has 0 heterocycles. The molecule has 0 spiro atoms. The quantitative estimate of drug-likeness (QED) is 0.728. The number of nitrogens with zero attached hydrogens (tertiary/aromatic N) is 1. The highest BCUT2D eigenvalue weighted by Crippen LogP contribution is 2.32. The number of anilines is 1. The summed E-state index contributed by atoms with van der Waals surface area (Å²) in [5, 5.41) is 6.04. The molecule has 1 aromatic rings. The Hall–Kier alpha value is -1.38. The second kappa shape index (κ2) is 3.78. The molecule has 0 amide bonds. The van der Waals surface area contributed by atoms with Crippen LogP contribution in [0.1, 0.15) is 24.0 Å². The van der Waals surface area contributed by atoms with Crippen LogP contribution in [-0.2, 0) is 12.8 Å². The molecule has 3 heteroatoms. The summed E-state index contributed by atoms with van der Waals surface area (Å²) in [6, 6.07) is 3.98. The zero-order valence-electron chi connectivity index (χ0n) is 8.34. The van der Waals surface area contributed by atoms with E-state index in [4.69, 9.17) is 0 Å². The van der Waals surface area contributed by atoms with Crippen molar-refractivity contribution >= 4 is 11.4 Å². The van der Waals surface area contributed by atoms with E-state index in [-0.39, 0.29) is 0 Å². The Kier molecular flexibility index (Phi) is 2.48. The maximum absolute atomic E-state index is 10.6. The first-order chi connectivity index (χ1) is 6.85. The third kappa shape index (κ3) is 1.50. The SMILES string of the molecule is CNc1cc2c(cc1N=O)CCCC2. The third-order valence-corrected chi connectivity index (χ3v) is 2.83. The molecule has 3 nitrogen and oxygen atoms in total. The first kappa shape index (κ1) is 9.19. The van der Waals surface area contributed by atoms with E-state index in [9.17, 15) is 4.91 Å². The average Bonchev–Trinajstić information content (AvgIpc) is 2.27. The van der Waals surface area contributed by atoms with Crippen LogP contribution in [0.15, 0.2) is 17.3 Å². The summed E-state index contributed by atoms with van der Waals surface area (Å²) >= 11 is 0. The molecule has 0 saturated carbocycles. The Morgan fingerprint density at radius 3 is 2.43 bits per heavy atom. The molecule has 0 fully saturated rings. The molecule has 2 rings (SSSR count). The first-order valence-corrected chi connectivity index (χ1v) is 5.02. The maximum atomic E-state index is 10.6. The van der Waals surface area contributed by atoms with Gasteiger partial charge in [0.25, 0.3) is 0 Å². The molecule has 0 radical (unpaired) electrons. The van der Waals surface area contributed by atoms with Gasteiger partial charge < -0.3 is 5.32 Å². The predicted octanol–water partition coefficient (Wildman–Crippen LogP) is 3.01. The van der Waals surface area contributed by atoms with E-state index in [1.807, 2.05) is 13.1 Å². The summed E-state index contributed by atoms with van der Waals surface area (Å²) in [7, 11) is 1.82. The van der Waals surface area contributed by atoms with Crippen LogP contribution in [0.4, 0.5) is 11.4 Å². The van der Waals surface area contributed by atoms with Crippen LogP contribution in [-0.4, -0.2) is 7.05 Å². The topological polar surface area (TPSA) is 41.5 Å². The van der Waals surface area contributed by atoms with Gasteiger partial charge in [-0.1, -0.05) is 0 Å². The third-order valence-electron chi connectivity index (χ3n) is 2.83. The van der Waals surface area contributed by atoms with Crippen molar-refractivity contribution in [1.82, 2.24) is 0 Å². The van der Waals surface area contributed by atoms with Crippen molar-refractivity contribution in [3.63, 3.8) is 0 Å². The minimum absolute atomic E-state index is 0.535. The van der Waals surface area contributed by atoms with Crippen molar-refractivity contribution in [2.45, 2.75) is 25.7 Å². The van der Waals surface area contributed by atoms with Gasteiger partial charge in [-0.3, -0.25) is 0 Å². The van der Waals surface area contributed by atoms with Crippen molar-refractivity contribution in [2.24, 2.45) is 5.18 Å². The van der Waals surface area contributed by atoms with E-state index in [1.54, 1.807) is 0 Å². The molecule has 0 aliphatic heterocycles. The summed E-state index contributed by atoms with van der Waals surface area (Å²) in [6.07, 6.45) is 4.69. The predicted molar refractivity (Wildman–Crippen MR) is 58.1 cm³/mol. The fourth-order valence-corrected chi connectivity index (χ4v) is 2.05. The van der Waals surface area contributed by atoms with Crippen LogP contribution in [0.5, 0.6) is 0 Å². The standard InChI is InChI=1S/C11H14N2O/c1-12-10-6-8-4-2-3-5-9(8)7-11(10)13-14/h6-7,12H,2-5H2,1H3. The van der Waals surface area contributed by atoms with Gasteiger partial charge in [-0.05, 0) is 54.1 Å². The second-order valence-electron chi connectivity index (χ2n) is 3.69. The lowest BCUT2D eigenvalue weighted by Gasteiger charge is -2.17. The van der Waals surface area contributed by atoms with Gasteiger partial charge in [0.05, 0.1) is 5.69 Å². The van der Waals surface area contributed by atoms with Gasteiger partial charge in [-0.15, -0.1) is 4.91 Å². The van der Waals surface area contributed by atoms with Crippen LogP contribution >= 0.6 is 0 Å². The number of hydrogen-bond donors (Lipinski definition) is 1. The van der Waals surface area contributed by atoms with Gasteiger partial charge in [0.15, 0.2) is 0 Å². The zero-order valence-corrected chi connectivity index (χ0v) is 8.34. The summed E-state index contributed by atoms with van der Waals surface area (Å²) in [4.78, 5) is 10.6. The molecule has 0 saturated heterocycles. The number of aryl methyl sites for hydroxylation is 2. The van der Waals surface area contributed by atoms with E-state index in [1.165, 1.54) is 24.0 Å². The second-order valence-corrected chi connectivity index (χ2v) is 3.69. The number of benzene rings is 1. The van der Waals surface area contributed by atoms with Gasteiger partial charge in [-0.25, -0.2) is 0 Å². The van der Waals surface area contributed by atoms with Crippen molar-refractivity contribution in [1.29, 1.82) is 0 Å². The lowest BCUT2D eigenvalue weighted by molar-refractivity contribution is 0.686. The highest BCUT2D eigenvalue weighted by molar-refractivity contribution is 5.68. The van der Waals surface area contributed by atoms with Crippen molar-refractivity contribution in [2.75, 3.05) is 12.4 Å². The molecule has 74 valence electrons. The maximum Gasteiger partial charge on any atom is 0.131 e. The van der Waals surface area contributed by atoms with Gasteiger partial charge in [0, 0.05) is 7.05 Å². The van der Waals surface area contributed by atoms with E-state index >= 15 is 0 Å². The first-order valence-electron chi connectivity index (χ1n) is 5.02. The molecule has 1 aromatic carbocycles. The van der Waals surface area contributed by atoms with E-state index in [2.05, 4.69) is 16.6 Å². The molecular formula is C11H14N2O. The van der Waals surface area contributed by atoms with Crippen molar-refractivity contribution in [3.05, 3.63) is 28.2 Å². The molecule has 1 N–H and O–H groups in total. The average molecular weight is 190 g/mol. The number of fused-ring (bicyclic) bond motifs is 1.